The summed E-state index contributed by atoms with van der Waals surface area (Å²) in [6, 6.07) is 6.46. The highest BCUT2D eigenvalue weighted by Crippen LogP contribution is 2.15. The molecule has 0 atom stereocenters. The van der Waals surface area contributed by atoms with Crippen molar-refractivity contribution in [1.29, 1.82) is 0 Å². The highest BCUT2D eigenvalue weighted by molar-refractivity contribution is 5.94. The Bertz CT molecular complexity index is 627. The van der Waals surface area contributed by atoms with Crippen LogP contribution in [0.25, 0.3) is 0 Å². The van der Waals surface area contributed by atoms with Gasteiger partial charge < -0.3 is 8.98 Å². The number of hydrazine groups is 1. The number of furan rings is 1. The van der Waals surface area contributed by atoms with Crippen LogP contribution in [0.2, 0.25) is 0 Å². The van der Waals surface area contributed by atoms with E-state index in [4.69, 9.17) is 10.3 Å². The van der Waals surface area contributed by atoms with Gasteiger partial charge in [0.05, 0.1) is 12.1 Å². The number of pyridine rings is 1. The number of nitrogens with two attached hydrogens (primary N) is 1. The Morgan fingerprint density at radius 1 is 1.50 bits per heavy atom. The summed E-state index contributed by atoms with van der Waals surface area (Å²) in [4.78, 5) is 22.9. The van der Waals surface area contributed by atoms with Gasteiger partial charge in [0.25, 0.3) is 11.5 Å². The normalized spacial score (nSPS) is 10.3. The van der Waals surface area contributed by atoms with Gasteiger partial charge >= 0.3 is 0 Å². The van der Waals surface area contributed by atoms with Crippen molar-refractivity contribution < 1.29 is 9.21 Å². The Balaban J connectivity index is 2.29. The van der Waals surface area contributed by atoms with Crippen LogP contribution >= 0.6 is 0 Å². The van der Waals surface area contributed by atoms with E-state index in [0.29, 0.717) is 17.1 Å². The number of hydrogen-bond acceptors (Lipinski definition) is 4. The first kappa shape index (κ1) is 12.1. The molecule has 0 saturated carbocycles. The maximum atomic E-state index is 11.5. The van der Waals surface area contributed by atoms with Gasteiger partial charge in [-0.25, -0.2) is 5.84 Å². The second kappa shape index (κ2) is 4.89. The number of carbonyl (C=O) groups excluding carboxylic acids is 1. The van der Waals surface area contributed by atoms with Crippen molar-refractivity contribution in [2.45, 2.75) is 13.5 Å². The highest BCUT2D eigenvalue weighted by atomic mass is 16.3. The number of amides is 1. The van der Waals surface area contributed by atoms with E-state index in [9.17, 15) is 9.59 Å². The van der Waals surface area contributed by atoms with E-state index < -0.39 is 5.91 Å². The van der Waals surface area contributed by atoms with E-state index in [-0.39, 0.29) is 12.1 Å². The number of nitrogens with zero attached hydrogens (tertiary/aromatic N) is 1. The third-order valence-electron chi connectivity index (χ3n) is 2.57. The van der Waals surface area contributed by atoms with Gasteiger partial charge in [-0.15, -0.1) is 0 Å². The molecule has 94 valence electrons. The Labute approximate surface area is 103 Å². The molecule has 2 heterocycles. The first-order chi connectivity index (χ1) is 8.61. The molecule has 0 unspecified atom stereocenters. The second-order valence-electron chi connectivity index (χ2n) is 3.82. The van der Waals surface area contributed by atoms with E-state index in [0.717, 1.165) is 0 Å². The SMILES string of the molecule is Cc1oc(Cn2ccccc2=O)cc1C(=O)NN. The Kier molecular flexibility index (Phi) is 3.29. The predicted octanol–water partition coefficient (Wildman–Crippen LogP) is 0.402. The van der Waals surface area contributed by atoms with Gasteiger partial charge in [-0.3, -0.25) is 15.0 Å². The molecule has 6 nitrogen and oxygen atoms in total. The van der Waals surface area contributed by atoms with Crippen LogP contribution in [0.3, 0.4) is 0 Å². The molecule has 2 aromatic heterocycles. The molecule has 0 fully saturated rings. The summed E-state index contributed by atoms with van der Waals surface area (Å²) in [5.74, 6) is 5.65. The largest absolute Gasteiger partial charge is 0.464 e. The number of rotatable bonds is 3. The van der Waals surface area contributed by atoms with Crippen LogP contribution in [0.4, 0.5) is 0 Å². The van der Waals surface area contributed by atoms with Gasteiger partial charge in [0.2, 0.25) is 0 Å². The fraction of sp³-hybridized carbons (Fsp3) is 0.167. The quantitative estimate of drug-likeness (QED) is 0.466. The third-order valence-corrected chi connectivity index (χ3v) is 2.57. The standard InChI is InChI=1S/C12H13N3O3/c1-8-10(12(17)14-13)6-9(18-8)7-15-5-3-2-4-11(15)16/h2-6H,7,13H2,1H3,(H,14,17). The van der Waals surface area contributed by atoms with Gasteiger partial charge in [0, 0.05) is 12.3 Å². The van der Waals surface area contributed by atoms with Crippen molar-refractivity contribution in [3.05, 3.63) is 57.9 Å². The van der Waals surface area contributed by atoms with E-state index in [2.05, 4.69) is 0 Å². The lowest BCUT2D eigenvalue weighted by Gasteiger charge is -2.00. The lowest BCUT2D eigenvalue weighted by molar-refractivity contribution is 0.0952. The Morgan fingerprint density at radius 3 is 2.94 bits per heavy atom. The lowest BCUT2D eigenvalue weighted by atomic mass is 10.2. The summed E-state index contributed by atoms with van der Waals surface area (Å²) in [7, 11) is 0. The summed E-state index contributed by atoms with van der Waals surface area (Å²) in [5, 5.41) is 0. The fourth-order valence-corrected chi connectivity index (χ4v) is 1.68. The molecule has 0 bridgehead atoms. The van der Waals surface area contributed by atoms with Crippen molar-refractivity contribution >= 4 is 5.91 Å². The molecule has 0 spiro atoms. The molecule has 0 saturated heterocycles. The van der Waals surface area contributed by atoms with E-state index in [1.54, 1.807) is 31.3 Å². The van der Waals surface area contributed by atoms with Crippen molar-refractivity contribution in [1.82, 2.24) is 9.99 Å². The highest BCUT2D eigenvalue weighted by Gasteiger charge is 2.14. The second-order valence-corrected chi connectivity index (χ2v) is 3.82. The van der Waals surface area contributed by atoms with Gasteiger partial charge in [0.15, 0.2) is 0 Å². The van der Waals surface area contributed by atoms with E-state index in [1.165, 1.54) is 10.6 Å². The van der Waals surface area contributed by atoms with Gasteiger partial charge in [-0.2, -0.15) is 0 Å². The van der Waals surface area contributed by atoms with Crippen molar-refractivity contribution in [2.24, 2.45) is 5.84 Å². The maximum Gasteiger partial charge on any atom is 0.268 e. The number of nitrogen functional groups attached to an aromatic ring is 1. The summed E-state index contributed by atoms with van der Waals surface area (Å²) in [6.45, 7) is 1.94. The number of aromatic nitrogens is 1. The molecule has 0 aliphatic heterocycles. The minimum Gasteiger partial charge on any atom is -0.464 e. The molecule has 1 amide bonds. The van der Waals surface area contributed by atoms with Gasteiger partial charge in [0.1, 0.15) is 11.5 Å². The van der Waals surface area contributed by atoms with Crippen molar-refractivity contribution in [3.63, 3.8) is 0 Å². The molecule has 0 radical (unpaired) electrons. The van der Waals surface area contributed by atoms with Crippen LogP contribution in [-0.4, -0.2) is 10.5 Å². The van der Waals surface area contributed by atoms with Crippen LogP contribution in [-0.2, 0) is 6.54 Å². The average Bonchev–Trinajstić information content (AvgIpc) is 2.72. The smallest absolute Gasteiger partial charge is 0.268 e. The summed E-state index contributed by atoms with van der Waals surface area (Å²) < 4.78 is 6.91. The molecule has 18 heavy (non-hydrogen) atoms. The van der Waals surface area contributed by atoms with Crippen LogP contribution < -0.4 is 16.8 Å². The number of aryl methyl sites for hydroxylation is 1. The molecule has 0 aliphatic rings. The molecule has 6 heteroatoms. The van der Waals surface area contributed by atoms with Crippen LogP contribution in [0.15, 0.2) is 39.7 Å². The van der Waals surface area contributed by atoms with E-state index >= 15 is 0 Å². The Hall–Kier alpha value is -2.34. The molecule has 0 aromatic carbocycles. The number of nitrogens with one attached hydrogen (secondary N) is 1. The molecule has 2 aromatic rings. The molecule has 2 rings (SSSR count). The van der Waals surface area contributed by atoms with Crippen LogP contribution in [0, 0.1) is 6.92 Å². The maximum absolute atomic E-state index is 11.5. The first-order valence-corrected chi connectivity index (χ1v) is 5.37. The van der Waals surface area contributed by atoms with Crippen molar-refractivity contribution in [3.8, 4) is 0 Å². The van der Waals surface area contributed by atoms with Crippen molar-refractivity contribution in [2.75, 3.05) is 0 Å². The minimum atomic E-state index is -0.414. The predicted molar refractivity (Wildman–Crippen MR) is 64.9 cm³/mol. The van der Waals surface area contributed by atoms with Crippen LogP contribution in [0.5, 0.6) is 0 Å². The average molecular weight is 247 g/mol. The molecule has 0 aliphatic carbocycles. The Morgan fingerprint density at radius 2 is 2.28 bits per heavy atom. The molecular formula is C12H13N3O3. The van der Waals surface area contributed by atoms with E-state index in [1.807, 2.05) is 5.43 Å². The summed E-state index contributed by atoms with van der Waals surface area (Å²) in [5.41, 5.74) is 2.29. The summed E-state index contributed by atoms with van der Waals surface area (Å²) >= 11 is 0. The molecular weight excluding hydrogens is 234 g/mol. The minimum absolute atomic E-state index is 0.128. The third kappa shape index (κ3) is 2.33. The monoisotopic (exact) mass is 247 g/mol. The fourth-order valence-electron chi connectivity index (χ4n) is 1.68. The van der Waals surface area contributed by atoms with Crippen LogP contribution in [0.1, 0.15) is 21.9 Å². The zero-order valence-electron chi connectivity index (χ0n) is 9.84. The zero-order valence-corrected chi connectivity index (χ0v) is 9.84. The number of hydrogen-bond donors (Lipinski definition) is 2. The van der Waals surface area contributed by atoms with Gasteiger partial charge in [-0.1, -0.05) is 6.07 Å². The number of carbonyl (C=O) groups is 1. The topological polar surface area (TPSA) is 90.3 Å². The summed E-state index contributed by atoms with van der Waals surface area (Å²) in [6.07, 6.45) is 1.66. The van der Waals surface area contributed by atoms with Gasteiger partial charge in [-0.05, 0) is 19.1 Å². The molecule has 3 N–H and O–H groups in total. The lowest BCUT2D eigenvalue weighted by Crippen LogP contribution is -2.30. The zero-order chi connectivity index (χ0) is 13.1. The first-order valence-electron chi connectivity index (χ1n) is 5.37.